The molecule has 9 aromatic carbocycles. The zero-order valence-corrected chi connectivity index (χ0v) is 75.5. The molecule has 476 valence electrons. The molecular weight excluding hydrogens is 1570 g/mol. The average Bonchev–Trinajstić information content (AvgIpc) is 0.776. The molecule has 11 rings (SSSR count). The second-order valence-electron chi connectivity index (χ2n) is 19.0. The van der Waals surface area contributed by atoms with Crippen LogP contribution < -0.4 is 258 Å². The van der Waals surface area contributed by atoms with Gasteiger partial charge in [-0.2, -0.15) is 75.6 Å². The Hall–Kier alpha value is -1.72. The van der Waals surface area contributed by atoms with Gasteiger partial charge in [0.15, 0.2) is 0 Å². The molecule has 0 radical (unpaired) electrons. The molecule has 33 nitrogen and oxygen atoms in total. The zero-order chi connectivity index (χ0) is 66.9. The van der Waals surface area contributed by atoms with Crippen LogP contribution in [0.3, 0.4) is 0 Å². The molecule has 0 saturated carbocycles. The molecule has 0 aliphatic heterocycles. The number of hydrogen-bond acceptors (Lipinski definition) is 33. The van der Waals surface area contributed by atoms with Gasteiger partial charge < -0.3 is 53.7 Å². The number of benzene rings is 9. The predicted molar refractivity (Wildman–Crippen MR) is 321 cm³/mol. The van der Waals surface area contributed by atoms with Crippen molar-refractivity contribution >= 4 is 196 Å². The number of aromatic nitrogens is 6. The molecule has 5 N–H and O–H groups in total. The minimum atomic E-state index is -5.36. The van der Waals surface area contributed by atoms with E-state index in [1.165, 1.54) is 36.4 Å². The molecular formula is C52H26Cl2N14Na8O19S6. The molecule has 0 aliphatic carbocycles. The first kappa shape index (κ1) is 93.5. The fourth-order valence-electron chi connectivity index (χ4n) is 9.14. The molecule has 0 bridgehead atoms. The molecule has 0 unspecified atom stereocenters. The summed E-state index contributed by atoms with van der Waals surface area (Å²) in [5.41, 5.74) is -1.79. The average molecular weight is 1600 g/mol. The Kier molecular flexibility index (Phi) is 34.4. The monoisotopic (exact) mass is 1600 g/mol. The number of rotatable bonds is 18. The van der Waals surface area contributed by atoms with Crippen LogP contribution in [0.2, 0.25) is 10.6 Å². The first-order valence-electron chi connectivity index (χ1n) is 25.0. The van der Waals surface area contributed by atoms with Crippen LogP contribution in [0.5, 0.6) is 5.75 Å². The van der Waals surface area contributed by atoms with Crippen molar-refractivity contribution in [3.8, 4) is 5.75 Å². The van der Waals surface area contributed by atoms with Gasteiger partial charge in [0.05, 0.1) is 35.9 Å². The van der Waals surface area contributed by atoms with Crippen molar-refractivity contribution in [1.29, 1.82) is 0 Å². The van der Waals surface area contributed by atoms with Crippen molar-refractivity contribution in [2.24, 2.45) is 20.5 Å². The fraction of sp³-hybridized carbons (Fsp3) is 0. The molecule has 0 spiro atoms. The molecule has 49 heteroatoms. The first-order chi connectivity index (χ1) is 43.5. The molecule has 101 heavy (non-hydrogen) atoms. The number of phenols is 1. The third kappa shape index (κ3) is 22.5. The van der Waals surface area contributed by atoms with Gasteiger partial charge in [-0.15, -0.1) is 21.3 Å². The van der Waals surface area contributed by atoms with E-state index in [0.717, 1.165) is 84.9 Å². The smallest absolute Gasteiger partial charge is 0.744 e. The summed E-state index contributed by atoms with van der Waals surface area (Å²) >= 11 is 12.6. The van der Waals surface area contributed by atoms with Gasteiger partial charge in [-0.1, -0.05) is 47.5 Å². The molecule has 2 aromatic heterocycles. The Morgan fingerprint density at radius 1 is 0.386 bits per heavy atom. The number of halogens is 2. The second kappa shape index (κ2) is 37.1. The summed E-state index contributed by atoms with van der Waals surface area (Å²) in [6, 6.07) is 28.1. The van der Waals surface area contributed by atoms with Crippen LogP contribution in [-0.2, 0) is 60.7 Å². The largest absolute Gasteiger partial charge is 1.00 e. The maximum absolute atomic E-state index is 12.6. The summed E-state index contributed by atoms with van der Waals surface area (Å²) in [5, 5.41) is 35.5. The Bertz CT molecular complexity index is 5870. The summed E-state index contributed by atoms with van der Waals surface area (Å²) < 4.78 is 221. The van der Waals surface area contributed by atoms with Gasteiger partial charge in [-0.05, 0) is 96.0 Å². The van der Waals surface area contributed by atoms with Crippen LogP contribution in [0.15, 0.2) is 177 Å². The van der Waals surface area contributed by atoms with E-state index in [2.05, 4.69) is 83.8 Å². The van der Waals surface area contributed by atoms with E-state index in [1.807, 2.05) is 0 Å². The summed E-state index contributed by atoms with van der Waals surface area (Å²) in [6.07, 6.45) is 0. The SMILES string of the molecule is O=S(=O)([O-])c1cc(Nc2nc(Cl)nc(Nc3ccc(Nc4nc(Cl)nc(Nc5c[c-]cc6cc(S(=O)(=O)[O-])c(N=Nc7cc(S(=O)(=O)[O-])c8cccc(S(=O)(=O)[O-])c8c7)cc56)n4)cc3)n2)c2c(O)c(N=Nc3cc(S(=O)(=O)[O-])c4cccc(S(=O)(=O)[O-])c4c3)[c-]cc2c1.[Na+].[Na+].[Na+].[Na+].[Na+].[Na+].[Na+].[Na+]. The number of anilines is 8. The minimum Gasteiger partial charge on any atom is -0.744 e. The van der Waals surface area contributed by atoms with Crippen molar-refractivity contribution in [2.45, 2.75) is 29.4 Å². The number of nitrogens with one attached hydrogen (secondary N) is 4. The van der Waals surface area contributed by atoms with Crippen LogP contribution in [0.25, 0.3) is 43.1 Å². The van der Waals surface area contributed by atoms with E-state index < -0.39 is 151 Å². The van der Waals surface area contributed by atoms with Crippen LogP contribution in [-0.4, -0.2) is 113 Å². The summed E-state index contributed by atoms with van der Waals surface area (Å²) in [7, 11) is -31.7. The Morgan fingerprint density at radius 3 is 1.25 bits per heavy atom. The van der Waals surface area contributed by atoms with Crippen molar-refractivity contribution in [1.82, 2.24) is 29.9 Å². The van der Waals surface area contributed by atoms with E-state index >= 15 is 0 Å². The van der Waals surface area contributed by atoms with Gasteiger partial charge in [0.1, 0.15) is 66.4 Å². The topological polar surface area (TPSA) is 538 Å². The van der Waals surface area contributed by atoms with Gasteiger partial charge >= 0.3 is 236 Å². The van der Waals surface area contributed by atoms with Gasteiger partial charge in [0.25, 0.3) is 0 Å². The Morgan fingerprint density at radius 2 is 0.812 bits per heavy atom. The molecule has 2 heterocycles. The van der Waals surface area contributed by atoms with Crippen LogP contribution in [0.4, 0.5) is 69.3 Å². The molecule has 0 fully saturated rings. The molecule has 0 saturated heterocycles. The minimum absolute atomic E-state index is 0. The first-order valence-corrected chi connectivity index (χ1v) is 34.2. The molecule has 0 aliphatic rings. The van der Waals surface area contributed by atoms with Crippen LogP contribution >= 0.6 is 23.2 Å². The van der Waals surface area contributed by atoms with E-state index in [1.54, 1.807) is 0 Å². The number of fused-ring (bicyclic) bond motifs is 4. The van der Waals surface area contributed by atoms with Gasteiger partial charge in [-0.25, -0.2) is 50.5 Å². The number of azo groups is 2. The summed E-state index contributed by atoms with van der Waals surface area (Å²) in [5.74, 6) is -1.80. The standard InChI is InChI=1S/C52H32Cl2N14O19S6.8Na/c53-47-59-49(63-51(61-47)57-36-7-1-4-24-17-44(93(85,86)87)38(23-33(24)36)68-66-29-19-35-32(43(21-29)92(82,83)84)6-3-9-41(35)90(76,77)78)55-26-11-13-27(14-12-26)56-50-60-48(54)62-52(64-50)58-39-22-30(88(70,71)72)16-25-10-15-37(46(69)45(25)39)67-65-28-18-34-31(42(20-28)91(79,80)81)5-2-8-40(34)89(73,74)75;;;;;;;;/h2-14,16-23,69H,(H,70,71,72)(H,73,74,75)(H,76,77,78)(H,79,80,81)(H,82,83,84)(H,85,86,87)(H2,55,57,59,61,63)(H2,56,58,60,62,64);;;;;;;;/q-2;8*+1/p-6. The molecule has 11 aromatic rings. The molecule has 0 atom stereocenters. The summed E-state index contributed by atoms with van der Waals surface area (Å²) in [6.45, 7) is 0. The fourth-order valence-corrected chi connectivity index (χ4v) is 13.4. The van der Waals surface area contributed by atoms with Crippen LogP contribution in [0.1, 0.15) is 0 Å². The number of nitrogens with zero attached hydrogens (tertiary/aromatic N) is 10. The number of aromatic hydroxyl groups is 1. The van der Waals surface area contributed by atoms with Crippen molar-refractivity contribution in [2.75, 3.05) is 21.3 Å². The Balaban J connectivity index is 0.00000332. The number of phenolic OH excluding ortho intramolecular Hbond substituents is 1. The van der Waals surface area contributed by atoms with Crippen molar-refractivity contribution in [3.63, 3.8) is 0 Å². The third-order valence-electron chi connectivity index (χ3n) is 12.9. The maximum atomic E-state index is 12.6. The maximum Gasteiger partial charge on any atom is 1.00 e. The normalized spacial score (nSPS) is 11.8. The predicted octanol–water partition coefficient (Wildman–Crippen LogP) is -15.5. The van der Waals surface area contributed by atoms with Crippen molar-refractivity contribution in [3.05, 3.63) is 150 Å². The second-order valence-corrected chi connectivity index (χ2v) is 27.8. The van der Waals surface area contributed by atoms with E-state index in [0.29, 0.717) is 17.4 Å². The quantitative estimate of drug-likeness (QED) is 0.0230. The van der Waals surface area contributed by atoms with E-state index in [9.17, 15) is 82.9 Å². The number of hydrogen-bond donors (Lipinski definition) is 5. The molecule has 0 amide bonds. The Labute approximate surface area is 759 Å². The van der Waals surface area contributed by atoms with E-state index in [4.69, 9.17) is 23.2 Å². The van der Waals surface area contributed by atoms with Gasteiger partial charge in [0, 0.05) is 54.9 Å². The van der Waals surface area contributed by atoms with Gasteiger partial charge in [0.2, 0.25) is 34.4 Å². The van der Waals surface area contributed by atoms with E-state index in [-0.39, 0.29) is 293 Å². The zero-order valence-electron chi connectivity index (χ0n) is 53.1. The summed E-state index contributed by atoms with van der Waals surface area (Å²) in [4.78, 5) is 19.4. The third-order valence-corrected chi connectivity index (χ3v) is 18.5. The van der Waals surface area contributed by atoms with Crippen molar-refractivity contribution < 1.29 is 319 Å². The van der Waals surface area contributed by atoms with Gasteiger partial charge in [-0.3, -0.25) is 0 Å². The van der Waals surface area contributed by atoms with Crippen LogP contribution in [0, 0.1) is 12.1 Å².